The monoisotopic (exact) mass is 365 g/mol. The average Bonchev–Trinajstić information content (AvgIpc) is 3.00. The predicted octanol–water partition coefficient (Wildman–Crippen LogP) is 4.12. The van der Waals surface area contributed by atoms with Crippen molar-refractivity contribution in [1.82, 2.24) is 4.90 Å². The molecule has 1 aliphatic carbocycles. The zero-order chi connectivity index (χ0) is 19.0. The Bertz CT molecular complexity index is 833. The number of aliphatic carboxylic acids is 1. The Labute approximate surface area is 158 Å². The number of carboxylic acids is 1. The fourth-order valence-electron chi connectivity index (χ4n) is 4.34. The highest BCUT2D eigenvalue weighted by Gasteiger charge is 2.34. The van der Waals surface area contributed by atoms with E-state index in [2.05, 4.69) is 24.3 Å². The van der Waals surface area contributed by atoms with Gasteiger partial charge in [-0.3, -0.25) is 4.79 Å². The smallest absolute Gasteiger partial charge is 0.410 e. The maximum atomic E-state index is 12.6. The third-order valence-electron chi connectivity index (χ3n) is 5.80. The fraction of sp³-hybridized carbons (Fsp3) is 0.364. The molecule has 2 aromatic rings. The molecule has 5 nitrogen and oxygen atoms in total. The second-order valence-electron chi connectivity index (χ2n) is 7.41. The van der Waals surface area contributed by atoms with Crippen LogP contribution in [0.15, 0.2) is 48.5 Å². The lowest BCUT2D eigenvalue weighted by Gasteiger charge is -2.35. The second-order valence-corrected chi connectivity index (χ2v) is 7.41. The van der Waals surface area contributed by atoms with Gasteiger partial charge in [-0.15, -0.1) is 0 Å². The van der Waals surface area contributed by atoms with Crippen molar-refractivity contribution < 1.29 is 19.4 Å². The average molecular weight is 365 g/mol. The van der Waals surface area contributed by atoms with Crippen LogP contribution in [-0.2, 0) is 9.53 Å². The van der Waals surface area contributed by atoms with E-state index < -0.39 is 5.97 Å². The molecule has 5 heteroatoms. The summed E-state index contributed by atoms with van der Waals surface area (Å²) < 4.78 is 5.68. The first-order valence-corrected chi connectivity index (χ1v) is 9.40. The zero-order valence-electron chi connectivity index (χ0n) is 15.3. The number of likely N-dealkylation sites (tertiary alicyclic amines) is 1. The number of hydrogen-bond acceptors (Lipinski definition) is 3. The summed E-state index contributed by atoms with van der Waals surface area (Å²) in [6.07, 6.45) is 0.594. The van der Waals surface area contributed by atoms with E-state index in [1.807, 2.05) is 31.2 Å². The van der Waals surface area contributed by atoms with Gasteiger partial charge in [0.15, 0.2) is 0 Å². The van der Waals surface area contributed by atoms with Crippen LogP contribution in [0.3, 0.4) is 0 Å². The normalized spacial score (nSPS) is 21.4. The first-order chi connectivity index (χ1) is 13.1. The maximum absolute atomic E-state index is 12.6. The van der Waals surface area contributed by atoms with Crippen molar-refractivity contribution in [3.63, 3.8) is 0 Å². The molecule has 0 saturated carbocycles. The SMILES string of the molecule is C[C@@H]1C[C@H](C(=O)O)CCN1C(=O)OCC1c2ccccc2-c2ccccc21. The summed E-state index contributed by atoms with van der Waals surface area (Å²) in [6, 6.07) is 16.3. The Kier molecular flexibility index (Phi) is 4.60. The molecule has 1 fully saturated rings. The number of carbonyl (C=O) groups excluding carboxylic acids is 1. The minimum Gasteiger partial charge on any atom is -0.481 e. The highest BCUT2D eigenvalue weighted by atomic mass is 16.6. The quantitative estimate of drug-likeness (QED) is 0.888. The topological polar surface area (TPSA) is 66.8 Å². The van der Waals surface area contributed by atoms with Crippen molar-refractivity contribution in [2.45, 2.75) is 31.7 Å². The number of carboxylic acid groups (broad SMARTS) is 1. The van der Waals surface area contributed by atoms with E-state index in [9.17, 15) is 14.7 Å². The molecule has 0 bridgehead atoms. The molecule has 1 N–H and O–H groups in total. The molecule has 140 valence electrons. The van der Waals surface area contributed by atoms with Crippen LogP contribution in [-0.4, -0.2) is 41.3 Å². The molecule has 2 aliphatic rings. The highest BCUT2D eigenvalue weighted by molar-refractivity contribution is 5.79. The summed E-state index contributed by atoms with van der Waals surface area (Å²) in [5.74, 6) is -1.13. The highest BCUT2D eigenvalue weighted by Crippen LogP contribution is 2.44. The lowest BCUT2D eigenvalue weighted by atomic mass is 9.92. The lowest BCUT2D eigenvalue weighted by molar-refractivity contribution is -0.143. The summed E-state index contributed by atoms with van der Waals surface area (Å²) in [6.45, 7) is 2.60. The van der Waals surface area contributed by atoms with Crippen molar-refractivity contribution in [1.29, 1.82) is 0 Å². The van der Waals surface area contributed by atoms with Gasteiger partial charge < -0.3 is 14.7 Å². The van der Waals surface area contributed by atoms with E-state index in [4.69, 9.17) is 4.74 Å². The minimum absolute atomic E-state index is 0.0354. The van der Waals surface area contributed by atoms with Crippen molar-refractivity contribution in [3.05, 3.63) is 59.7 Å². The van der Waals surface area contributed by atoms with Gasteiger partial charge in [0.25, 0.3) is 0 Å². The number of piperidine rings is 1. The number of hydrogen-bond donors (Lipinski definition) is 1. The van der Waals surface area contributed by atoms with E-state index in [1.165, 1.54) is 22.3 Å². The molecule has 1 aliphatic heterocycles. The minimum atomic E-state index is -0.783. The summed E-state index contributed by atoms with van der Waals surface area (Å²) in [4.78, 5) is 25.5. The Hall–Kier alpha value is -2.82. The molecular weight excluding hydrogens is 342 g/mol. The molecule has 2 aromatic carbocycles. The molecule has 4 rings (SSSR count). The number of rotatable bonds is 3. The van der Waals surface area contributed by atoms with Crippen LogP contribution in [0.4, 0.5) is 4.79 Å². The van der Waals surface area contributed by atoms with Crippen molar-refractivity contribution in [2.75, 3.05) is 13.2 Å². The summed E-state index contributed by atoms with van der Waals surface area (Å²) >= 11 is 0. The largest absolute Gasteiger partial charge is 0.481 e. The molecule has 1 saturated heterocycles. The summed E-state index contributed by atoms with van der Waals surface area (Å²) in [7, 11) is 0. The zero-order valence-corrected chi connectivity index (χ0v) is 15.3. The molecule has 0 unspecified atom stereocenters. The number of nitrogens with zero attached hydrogens (tertiary/aromatic N) is 1. The fourth-order valence-corrected chi connectivity index (χ4v) is 4.34. The predicted molar refractivity (Wildman–Crippen MR) is 102 cm³/mol. The van der Waals surface area contributed by atoms with Crippen LogP contribution in [0.25, 0.3) is 11.1 Å². The standard InChI is InChI=1S/C22H23NO4/c1-14-12-15(21(24)25)10-11-23(14)22(26)27-13-20-18-8-4-2-6-16(18)17-7-3-5-9-19(17)20/h2-9,14-15,20H,10-13H2,1H3,(H,24,25)/t14-,15-/m1/s1. The van der Waals surface area contributed by atoms with Crippen LogP contribution in [0.5, 0.6) is 0 Å². The number of ether oxygens (including phenoxy) is 1. The van der Waals surface area contributed by atoms with Crippen LogP contribution in [0, 0.1) is 5.92 Å². The molecule has 0 aromatic heterocycles. The number of carbonyl (C=O) groups is 2. The van der Waals surface area contributed by atoms with Crippen molar-refractivity contribution in [2.24, 2.45) is 5.92 Å². The van der Waals surface area contributed by atoms with Crippen LogP contribution in [0.1, 0.15) is 36.8 Å². The van der Waals surface area contributed by atoms with E-state index >= 15 is 0 Å². The van der Waals surface area contributed by atoms with Gasteiger partial charge in [0.1, 0.15) is 6.61 Å². The first-order valence-electron chi connectivity index (χ1n) is 9.40. The Morgan fingerprint density at radius 2 is 1.67 bits per heavy atom. The van der Waals surface area contributed by atoms with Gasteiger partial charge in [0.2, 0.25) is 0 Å². The van der Waals surface area contributed by atoms with Crippen LogP contribution in [0.2, 0.25) is 0 Å². The Balaban J connectivity index is 1.46. The Morgan fingerprint density at radius 1 is 1.07 bits per heavy atom. The van der Waals surface area contributed by atoms with Crippen LogP contribution >= 0.6 is 0 Å². The number of amides is 1. The maximum Gasteiger partial charge on any atom is 0.410 e. The van der Waals surface area contributed by atoms with Crippen molar-refractivity contribution in [3.8, 4) is 11.1 Å². The van der Waals surface area contributed by atoms with E-state index in [1.54, 1.807) is 4.90 Å². The van der Waals surface area contributed by atoms with Gasteiger partial charge in [0, 0.05) is 18.5 Å². The van der Waals surface area contributed by atoms with Gasteiger partial charge in [-0.1, -0.05) is 48.5 Å². The number of benzene rings is 2. The Morgan fingerprint density at radius 3 is 2.22 bits per heavy atom. The number of fused-ring (bicyclic) bond motifs is 3. The second kappa shape index (κ2) is 7.06. The molecule has 2 atom stereocenters. The molecule has 27 heavy (non-hydrogen) atoms. The third-order valence-corrected chi connectivity index (χ3v) is 5.80. The molecule has 1 heterocycles. The van der Waals surface area contributed by atoms with Crippen LogP contribution < -0.4 is 0 Å². The van der Waals surface area contributed by atoms with Gasteiger partial charge in [-0.2, -0.15) is 0 Å². The first kappa shape index (κ1) is 17.6. The van der Waals surface area contributed by atoms with E-state index in [0.29, 0.717) is 26.0 Å². The van der Waals surface area contributed by atoms with E-state index in [0.717, 1.165) is 0 Å². The molecule has 0 spiro atoms. The summed E-state index contributed by atoms with van der Waals surface area (Å²) in [5, 5.41) is 9.18. The third kappa shape index (κ3) is 3.18. The van der Waals surface area contributed by atoms with Crippen molar-refractivity contribution >= 4 is 12.1 Å². The lowest BCUT2D eigenvalue weighted by Crippen LogP contribution is -2.46. The summed E-state index contributed by atoms with van der Waals surface area (Å²) in [5.41, 5.74) is 4.77. The molecule has 0 radical (unpaired) electrons. The van der Waals surface area contributed by atoms with Gasteiger partial charge >= 0.3 is 12.1 Å². The molecule has 1 amide bonds. The van der Waals surface area contributed by atoms with Gasteiger partial charge in [0.05, 0.1) is 5.92 Å². The van der Waals surface area contributed by atoms with Gasteiger partial charge in [-0.25, -0.2) is 4.79 Å². The van der Waals surface area contributed by atoms with Gasteiger partial charge in [-0.05, 0) is 42.0 Å². The van der Waals surface area contributed by atoms with E-state index in [-0.39, 0.29) is 24.0 Å². The molecular formula is C22H23NO4.